The Morgan fingerprint density at radius 1 is 1.44 bits per heavy atom. The van der Waals surface area contributed by atoms with Crippen molar-refractivity contribution in [1.82, 2.24) is 9.97 Å². The number of aliphatic hydroxyl groups is 1. The van der Waals surface area contributed by atoms with E-state index < -0.39 is 0 Å². The highest BCUT2D eigenvalue weighted by Crippen LogP contribution is 2.16. The average molecular weight is 224 g/mol. The van der Waals surface area contributed by atoms with Gasteiger partial charge < -0.3 is 15.3 Å². The first-order valence-electron chi connectivity index (χ1n) is 5.34. The standard InChI is InChI=1S/C11H20N4O/c1-11(2,6-8-16)14-9-5-7-12-10(13-9)15(3)4/h5,7,16H,6,8H2,1-4H3,(H,12,13,14). The molecule has 2 N–H and O–H groups in total. The number of aromatic nitrogens is 2. The van der Waals surface area contributed by atoms with Gasteiger partial charge in [-0.25, -0.2) is 4.98 Å². The van der Waals surface area contributed by atoms with Gasteiger partial charge in [-0.2, -0.15) is 4.98 Å². The molecule has 90 valence electrons. The lowest BCUT2D eigenvalue weighted by molar-refractivity contribution is 0.260. The van der Waals surface area contributed by atoms with Crippen LogP contribution < -0.4 is 10.2 Å². The summed E-state index contributed by atoms with van der Waals surface area (Å²) < 4.78 is 0. The summed E-state index contributed by atoms with van der Waals surface area (Å²) in [4.78, 5) is 10.4. The van der Waals surface area contributed by atoms with Crippen LogP contribution in [0.3, 0.4) is 0 Å². The second kappa shape index (κ2) is 5.12. The maximum atomic E-state index is 8.94. The molecule has 0 saturated heterocycles. The summed E-state index contributed by atoms with van der Waals surface area (Å²) >= 11 is 0. The molecule has 0 atom stereocenters. The second-order valence-electron chi connectivity index (χ2n) is 4.62. The molecule has 5 heteroatoms. The number of aliphatic hydroxyl groups excluding tert-OH is 1. The van der Waals surface area contributed by atoms with Crippen LogP contribution in [0.25, 0.3) is 0 Å². The van der Waals surface area contributed by atoms with E-state index >= 15 is 0 Å². The van der Waals surface area contributed by atoms with Crippen molar-refractivity contribution in [3.63, 3.8) is 0 Å². The van der Waals surface area contributed by atoms with Crippen LogP contribution in [0.5, 0.6) is 0 Å². The lowest BCUT2D eigenvalue weighted by Crippen LogP contribution is -2.32. The van der Waals surface area contributed by atoms with Gasteiger partial charge in [0, 0.05) is 32.4 Å². The normalized spacial score (nSPS) is 11.3. The monoisotopic (exact) mass is 224 g/mol. The lowest BCUT2D eigenvalue weighted by atomic mass is 10.0. The Labute approximate surface area is 96.5 Å². The highest BCUT2D eigenvalue weighted by atomic mass is 16.3. The van der Waals surface area contributed by atoms with Crippen molar-refractivity contribution in [3.05, 3.63) is 12.3 Å². The molecule has 0 amide bonds. The van der Waals surface area contributed by atoms with Crippen molar-refractivity contribution in [3.8, 4) is 0 Å². The summed E-state index contributed by atoms with van der Waals surface area (Å²) in [7, 11) is 3.80. The summed E-state index contributed by atoms with van der Waals surface area (Å²) in [6.45, 7) is 4.22. The largest absolute Gasteiger partial charge is 0.396 e. The minimum Gasteiger partial charge on any atom is -0.396 e. The fourth-order valence-corrected chi connectivity index (χ4v) is 1.32. The lowest BCUT2D eigenvalue weighted by Gasteiger charge is -2.26. The summed E-state index contributed by atoms with van der Waals surface area (Å²) in [5, 5.41) is 12.2. The minimum absolute atomic E-state index is 0.158. The number of hydrogen-bond acceptors (Lipinski definition) is 5. The number of nitrogens with zero attached hydrogens (tertiary/aromatic N) is 3. The Bertz CT molecular complexity index is 339. The van der Waals surface area contributed by atoms with Crippen LogP contribution in [0.2, 0.25) is 0 Å². The Morgan fingerprint density at radius 2 is 2.12 bits per heavy atom. The van der Waals surface area contributed by atoms with E-state index in [4.69, 9.17) is 5.11 Å². The number of anilines is 2. The summed E-state index contributed by atoms with van der Waals surface area (Å²) in [5.74, 6) is 1.45. The Morgan fingerprint density at radius 3 is 2.69 bits per heavy atom. The van der Waals surface area contributed by atoms with E-state index in [1.54, 1.807) is 6.20 Å². The molecule has 1 aromatic heterocycles. The molecule has 0 saturated carbocycles. The van der Waals surface area contributed by atoms with E-state index in [2.05, 4.69) is 15.3 Å². The first-order chi connectivity index (χ1) is 7.44. The minimum atomic E-state index is -0.174. The smallest absolute Gasteiger partial charge is 0.226 e. The molecule has 1 heterocycles. The molecule has 0 aromatic carbocycles. The fourth-order valence-electron chi connectivity index (χ4n) is 1.32. The van der Waals surface area contributed by atoms with E-state index in [0.29, 0.717) is 12.4 Å². The molecule has 16 heavy (non-hydrogen) atoms. The summed E-state index contributed by atoms with van der Waals surface area (Å²) in [6, 6.07) is 1.83. The van der Waals surface area contributed by atoms with Gasteiger partial charge in [0.15, 0.2) is 0 Å². The van der Waals surface area contributed by atoms with Crippen LogP contribution in [0.1, 0.15) is 20.3 Å². The van der Waals surface area contributed by atoms with Crippen LogP contribution in [0, 0.1) is 0 Å². The highest BCUT2D eigenvalue weighted by Gasteiger charge is 2.17. The molecule has 0 aliphatic heterocycles. The third kappa shape index (κ3) is 3.66. The van der Waals surface area contributed by atoms with Crippen molar-refractivity contribution in [2.24, 2.45) is 0 Å². The van der Waals surface area contributed by atoms with Gasteiger partial charge in [-0.05, 0) is 26.3 Å². The van der Waals surface area contributed by atoms with Gasteiger partial charge in [0.2, 0.25) is 5.95 Å². The number of nitrogens with one attached hydrogen (secondary N) is 1. The van der Waals surface area contributed by atoms with E-state index in [9.17, 15) is 0 Å². The third-order valence-electron chi connectivity index (χ3n) is 2.25. The molecule has 0 fully saturated rings. The van der Waals surface area contributed by atoms with Gasteiger partial charge in [0.1, 0.15) is 5.82 Å². The van der Waals surface area contributed by atoms with Crippen LogP contribution in [0.4, 0.5) is 11.8 Å². The van der Waals surface area contributed by atoms with Gasteiger partial charge in [-0.15, -0.1) is 0 Å². The molecule has 5 nitrogen and oxygen atoms in total. The Hall–Kier alpha value is -1.36. The average Bonchev–Trinajstić information content (AvgIpc) is 2.17. The van der Waals surface area contributed by atoms with Crippen molar-refractivity contribution in [1.29, 1.82) is 0 Å². The first-order valence-corrected chi connectivity index (χ1v) is 5.34. The maximum absolute atomic E-state index is 8.94. The topological polar surface area (TPSA) is 61.3 Å². The molecule has 0 unspecified atom stereocenters. The summed E-state index contributed by atoms with van der Waals surface area (Å²) in [5.41, 5.74) is -0.174. The SMILES string of the molecule is CN(C)c1nccc(NC(C)(C)CCO)n1. The molecule has 1 rings (SSSR count). The van der Waals surface area contributed by atoms with Crippen molar-refractivity contribution < 1.29 is 5.11 Å². The molecule has 0 aliphatic carbocycles. The van der Waals surface area contributed by atoms with Gasteiger partial charge in [-0.1, -0.05) is 0 Å². The summed E-state index contributed by atoms with van der Waals surface area (Å²) in [6.07, 6.45) is 2.40. The van der Waals surface area contributed by atoms with Crippen LogP contribution in [-0.4, -0.2) is 41.3 Å². The zero-order valence-corrected chi connectivity index (χ0v) is 10.4. The van der Waals surface area contributed by atoms with Crippen LogP contribution in [0.15, 0.2) is 12.3 Å². The second-order valence-corrected chi connectivity index (χ2v) is 4.62. The fraction of sp³-hybridized carbons (Fsp3) is 0.636. The van der Waals surface area contributed by atoms with E-state index in [0.717, 1.165) is 5.82 Å². The molecule has 0 radical (unpaired) electrons. The quantitative estimate of drug-likeness (QED) is 0.784. The van der Waals surface area contributed by atoms with Crippen LogP contribution >= 0.6 is 0 Å². The molecule has 0 aliphatic rings. The number of hydrogen-bond donors (Lipinski definition) is 2. The van der Waals surface area contributed by atoms with Gasteiger partial charge in [0.25, 0.3) is 0 Å². The van der Waals surface area contributed by atoms with Gasteiger partial charge in [-0.3, -0.25) is 0 Å². The van der Waals surface area contributed by atoms with Crippen molar-refractivity contribution >= 4 is 11.8 Å². The predicted octanol–water partition coefficient (Wildman–Crippen LogP) is 1.12. The van der Waals surface area contributed by atoms with Gasteiger partial charge in [0.05, 0.1) is 0 Å². The van der Waals surface area contributed by atoms with E-state index in [1.807, 2.05) is 38.9 Å². The predicted molar refractivity (Wildman–Crippen MR) is 65.8 cm³/mol. The number of rotatable bonds is 5. The zero-order valence-electron chi connectivity index (χ0n) is 10.4. The zero-order chi connectivity index (χ0) is 12.2. The molecular weight excluding hydrogens is 204 g/mol. The molecular formula is C11H20N4O. The Balaban J connectivity index is 2.77. The maximum Gasteiger partial charge on any atom is 0.226 e. The van der Waals surface area contributed by atoms with E-state index in [1.165, 1.54) is 0 Å². The molecule has 0 bridgehead atoms. The Kier molecular flexibility index (Phi) is 4.06. The first kappa shape index (κ1) is 12.7. The molecule has 1 aromatic rings. The van der Waals surface area contributed by atoms with Crippen molar-refractivity contribution in [2.45, 2.75) is 25.8 Å². The third-order valence-corrected chi connectivity index (χ3v) is 2.25. The molecule has 0 spiro atoms. The van der Waals surface area contributed by atoms with Gasteiger partial charge >= 0.3 is 0 Å². The highest BCUT2D eigenvalue weighted by molar-refractivity contribution is 5.42. The van der Waals surface area contributed by atoms with Crippen molar-refractivity contribution in [2.75, 3.05) is 30.9 Å². The van der Waals surface area contributed by atoms with E-state index in [-0.39, 0.29) is 12.1 Å². The van der Waals surface area contributed by atoms with Crippen LogP contribution in [-0.2, 0) is 0 Å².